The first-order chi connectivity index (χ1) is 16.3. The van der Waals surface area contributed by atoms with Crippen LogP contribution in [0.5, 0.6) is 0 Å². The Labute approximate surface area is 209 Å². The number of nitrogens with zero attached hydrogens (tertiary/aromatic N) is 2. The van der Waals surface area contributed by atoms with Gasteiger partial charge in [-0.15, -0.1) is 0 Å². The van der Waals surface area contributed by atoms with Crippen molar-refractivity contribution in [2.24, 2.45) is 0 Å². The first kappa shape index (κ1) is 24.7. The second-order valence-corrected chi connectivity index (χ2v) is 10.2. The number of hydrogen-bond donors (Lipinski definition) is 2. The van der Waals surface area contributed by atoms with E-state index >= 15 is 0 Å². The number of benzene rings is 2. The fourth-order valence-corrected chi connectivity index (χ4v) is 5.26. The zero-order valence-corrected chi connectivity index (χ0v) is 21.7. The molecule has 1 atom stereocenters. The van der Waals surface area contributed by atoms with Crippen molar-refractivity contribution in [3.63, 3.8) is 0 Å². The van der Waals surface area contributed by atoms with E-state index in [0.29, 0.717) is 24.5 Å². The molecule has 0 spiro atoms. The summed E-state index contributed by atoms with van der Waals surface area (Å²) in [5.74, 6) is 0.558. The number of thiol groups is 1. The van der Waals surface area contributed by atoms with Crippen molar-refractivity contribution in [3.8, 4) is 0 Å². The third-order valence-corrected chi connectivity index (χ3v) is 7.46. The monoisotopic (exact) mass is 479 g/mol. The lowest BCUT2D eigenvalue weighted by Crippen LogP contribution is -2.51. The fraction of sp³-hybridized carbons (Fsp3) is 0.464. The van der Waals surface area contributed by atoms with Gasteiger partial charge in [0, 0.05) is 54.8 Å². The Bertz CT molecular complexity index is 1050. The van der Waals surface area contributed by atoms with Crippen LogP contribution in [0, 0.1) is 0 Å². The predicted molar refractivity (Wildman–Crippen MR) is 145 cm³/mol. The van der Waals surface area contributed by atoms with Crippen LogP contribution in [0.15, 0.2) is 48.5 Å². The summed E-state index contributed by atoms with van der Waals surface area (Å²) in [5, 5.41) is 2.92. The lowest BCUT2D eigenvalue weighted by Gasteiger charge is -2.39. The molecule has 4 rings (SSSR count). The standard InChI is InChI=1S/C28H37N3O2S/c1-5-6-16-30(4)23-10-7-21(8-11-23)13-14-28-27(2,3)24-20-22(26(32)29-15-19-34)9-12-25(24)31(28)17-18-33-28/h7-14,20,34H,5-6,15-19H2,1-4H3,(H,29,32)/b14-13+. The number of nitrogens with one attached hydrogen (secondary N) is 1. The summed E-state index contributed by atoms with van der Waals surface area (Å²) in [6.45, 7) is 9.77. The van der Waals surface area contributed by atoms with Gasteiger partial charge in [0.25, 0.3) is 5.91 Å². The fourth-order valence-electron chi connectivity index (χ4n) is 5.15. The molecular formula is C28H37N3O2S. The molecule has 0 bridgehead atoms. The van der Waals surface area contributed by atoms with Gasteiger partial charge in [-0.05, 0) is 54.0 Å². The van der Waals surface area contributed by atoms with Crippen molar-refractivity contribution in [2.45, 2.75) is 44.8 Å². The third-order valence-electron chi connectivity index (χ3n) is 7.24. The van der Waals surface area contributed by atoms with Gasteiger partial charge in [0.15, 0.2) is 5.72 Å². The molecule has 2 aromatic rings. The van der Waals surface area contributed by atoms with Crippen LogP contribution in [0.4, 0.5) is 11.4 Å². The highest BCUT2D eigenvalue weighted by Crippen LogP contribution is 2.55. The maximum atomic E-state index is 12.6. The van der Waals surface area contributed by atoms with Gasteiger partial charge in [-0.3, -0.25) is 4.79 Å². The number of hydrogen-bond acceptors (Lipinski definition) is 5. The molecule has 0 aliphatic carbocycles. The number of unbranched alkanes of at least 4 members (excludes halogenated alkanes) is 1. The minimum Gasteiger partial charge on any atom is -0.375 e. The highest BCUT2D eigenvalue weighted by molar-refractivity contribution is 7.80. The first-order valence-corrected chi connectivity index (χ1v) is 12.9. The molecule has 0 aromatic heterocycles. The minimum atomic E-state index is -0.577. The maximum absolute atomic E-state index is 12.6. The SMILES string of the molecule is CCCCN(C)c1ccc(/C=C/C23OCCN2c2ccc(C(=O)NCCS)cc2C3(C)C)cc1. The molecular weight excluding hydrogens is 442 g/mol. The van der Waals surface area contributed by atoms with E-state index in [-0.39, 0.29) is 11.3 Å². The Hall–Kier alpha value is -2.44. The van der Waals surface area contributed by atoms with E-state index in [2.05, 4.69) is 98.0 Å². The second-order valence-electron chi connectivity index (χ2n) is 9.73. The topological polar surface area (TPSA) is 44.8 Å². The van der Waals surface area contributed by atoms with Crippen LogP contribution in [-0.2, 0) is 10.2 Å². The van der Waals surface area contributed by atoms with Gasteiger partial charge in [-0.2, -0.15) is 12.6 Å². The summed E-state index contributed by atoms with van der Waals surface area (Å²) in [6, 6.07) is 14.7. The Balaban J connectivity index is 1.60. The van der Waals surface area contributed by atoms with Crippen LogP contribution < -0.4 is 15.1 Å². The van der Waals surface area contributed by atoms with Crippen LogP contribution in [0.25, 0.3) is 6.08 Å². The third kappa shape index (κ3) is 4.34. The lowest BCUT2D eigenvalue weighted by molar-refractivity contribution is 0.000321. The van der Waals surface area contributed by atoms with Gasteiger partial charge >= 0.3 is 0 Å². The van der Waals surface area contributed by atoms with Gasteiger partial charge in [-0.1, -0.05) is 45.4 Å². The van der Waals surface area contributed by atoms with E-state index in [1.54, 1.807) is 0 Å². The number of carbonyl (C=O) groups is 1. The van der Waals surface area contributed by atoms with Crippen molar-refractivity contribution in [2.75, 3.05) is 48.8 Å². The molecule has 1 saturated heterocycles. The summed E-state index contributed by atoms with van der Waals surface area (Å²) >= 11 is 4.19. The average molecular weight is 480 g/mol. The molecule has 1 N–H and O–H groups in total. The van der Waals surface area contributed by atoms with Crippen LogP contribution in [0.1, 0.15) is 55.1 Å². The van der Waals surface area contributed by atoms with E-state index in [4.69, 9.17) is 4.74 Å². The Kier molecular flexibility index (Phi) is 7.29. The van der Waals surface area contributed by atoms with Crippen molar-refractivity contribution in [1.29, 1.82) is 0 Å². The number of ether oxygens (including phenoxy) is 1. The summed E-state index contributed by atoms with van der Waals surface area (Å²) in [7, 11) is 2.15. The normalized spacial score (nSPS) is 20.4. The molecule has 0 saturated carbocycles. The lowest BCUT2D eigenvalue weighted by atomic mass is 9.77. The van der Waals surface area contributed by atoms with E-state index in [0.717, 1.165) is 29.9 Å². The zero-order valence-electron chi connectivity index (χ0n) is 20.8. The van der Waals surface area contributed by atoms with Crippen molar-refractivity contribution in [1.82, 2.24) is 5.32 Å². The van der Waals surface area contributed by atoms with Gasteiger partial charge in [0.2, 0.25) is 0 Å². The molecule has 6 heteroatoms. The molecule has 1 amide bonds. The number of rotatable bonds is 9. The molecule has 1 unspecified atom stereocenters. The molecule has 2 heterocycles. The van der Waals surface area contributed by atoms with Gasteiger partial charge < -0.3 is 19.9 Å². The first-order valence-electron chi connectivity index (χ1n) is 12.3. The Morgan fingerprint density at radius 2 is 2.00 bits per heavy atom. The van der Waals surface area contributed by atoms with Crippen molar-refractivity contribution in [3.05, 3.63) is 65.2 Å². The summed E-state index contributed by atoms with van der Waals surface area (Å²) in [4.78, 5) is 17.2. The quantitative estimate of drug-likeness (QED) is 0.490. The minimum absolute atomic E-state index is 0.0609. The molecule has 34 heavy (non-hydrogen) atoms. The predicted octanol–water partition coefficient (Wildman–Crippen LogP) is 5.12. The van der Waals surface area contributed by atoms with Crippen LogP contribution in [0.3, 0.4) is 0 Å². The molecule has 182 valence electrons. The average Bonchev–Trinajstić information content (AvgIpc) is 3.36. The maximum Gasteiger partial charge on any atom is 0.251 e. The Morgan fingerprint density at radius 3 is 2.71 bits per heavy atom. The van der Waals surface area contributed by atoms with E-state index in [9.17, 15) is 4.79 Å². The summed E-state index contributed by atoms with van der Waals surface area (Å²) < 4.78 is 6.48. The van der Waals surface area contributed by atoms with Gasteiger partial charge in [0.1, 0.15) is 0 Å². The second kappa shape index (κ2) is 10.0. The van der Waals surface area contributed by atoms with Crippen molar-refractivity contribution >= 4 is 36.0 Å². The van der Waals surface area contributed by atoms with Crippen molar-refractivity contribution < 1.29 is 9.53 Å². The summed E-state index contributed by atoms with van der Waals surface area (Å²) in [6.07, 6.45) is 6.77. The molecule has 2 aromatic carbocycles. The molecule has 2 aliphatic heterocycles. The van der Waals surface area contributed by atoms with Crippen LogP contribution in [0.2, 0.25) is 0 Å². The Morgan fingerprint density at radius 1 is 1.24 bits per heavy atom. The number of carbonyl (C=O) groups excluding carboxylic acids is 1. The highest BCUT2D eigenvalue weighted by atomic mass is 32.1. The molecule has 5 nitrogen and oxygen atoms in total. The molecule has 2 aliphatic rings. The smallest absolute Gasteiger partial charge is 0.251 e. The number of amides is 1. The zero-order chi connectivity index (χ0) is 24.3. The van der Waals surface area contributed by atoms with Gasteiger partial charge in [-0.25, -0.2) is 0 Å². The highest BCUT2D eigenvalue weighted by Gasteiger charge is 2.59. The van der Waals surface area contributed by atoms with Crippen LogP contribution >= 0.6 is 12.6 Å². The van der Waals surface area contributed by atoms with E-state index in [1.165, 1.54) is 18.5 Å². The molecule has 1 fully saturated rings. The summed E-state index contributed by atoms with van der Waals surface area (Å²) in [5.41, 5.74) is 4.45. The van der Waals surface area contributed by atoms with E-state index in [1.807, 2.05) is 12.1 Å². The number of fused-ring (bicyclic) bond motifs is 3. The van der Waals surface area contributed by atoms with Gasteiger partial charge in [0.05, 0.1) is 6.61 Å². The van der Waals surface area contributed by atoms with Crippen LogP contribution in [-0.4, -0.2) is 50.7 Å². The largest absolute Gasteiger partial charge is 0.375 e. The molecule has 0 radical (unpaired) electrons. The number of anilines is 2. The van der Waals surface area contributed by atoms with E-state index < -0.39 is 5.72 Å².